The van der Waals surface area contributed by atoms with Gasteiger partial charge in [0, 0.05) is 36.4 Å². The van der Waals surface area contributed by atoms with Gasteiger partial charge in [-0.25, -0.2) is 0 Å². The van der Waals surface area contributed by atoms with Gasteiger partial charge in [-0.1, -0.05) is 17.7 Å². The largest absolute Gasteiger partial charge is 0.472 e. The number of rotatable bonds is 5. The van der Waals surface area contributed by atoms with Crippen LogP contribution in [0.3, 0.4) is 0 Å². The molecular formula is C14H17ClN2O. The molecule has 3 nitrogen and oxygen atoms in total. The van der Waals surface area contributed by atoms with Crippen LogP contribution in [0.4, 0.5) is 5.69 Å². The third-order valence-electron chi connectivity index (χ3n) is 2.83. The molecule has 96 valence electrons. The van der Waals surface area contributed by atoms with Gasteiger partial charge < -0.3 is 14.6 Å². The third kappa shape index (κ3) is 3.06. The van der Waals surface area contributed by atoms with Crippen LogP contribution in [0.2, 0.25) is 5.02 Å². The van der Waals surface area contributed by atoms with E-state index in [1.165, 1.54) is 5.56 Å². The Morgan fingerprint density at radius 3 is 2.83 bits per heavy atom. The fourth-order valence-electron chi connectivity index (χ4n) is 1.97. The van der Waals surface area contributed by atoms with Crippen molar-refractivity contribution in [1.82, 2.24) is 5.32 Å². The van der Waals surface area contributed by atoms with E-state index in [4.69, 9.17) is 16.0 Å². The lowest BCUT2D eigenvalue weighted by Crippen LogP contribution is -2.19. The smallest absolute Gasteiger partial charge is 0.0952 e. The predicted octanol–water partition coefficient (Wildman–Crippen LogP) is 3.29. The second-order valence-electron chi connectivity index (χ2n) is 4.29. The number of anilines is 1. The molecule has 0 aliphatic heterocycles. The summed E-state index contributed by atoms with van der Waals surface area (Å²) in [6, 6.07) is 7.94. The number of nitrogens with one attached hydrogen (secondary N) is 1. The summed E-state index contributed by atoms with van der Waals surface area (Å²) < 4.78 is 5.09. The normalized spacial score (nSPS) is 10.6. The molecule has 18 heavy (non-hydrogen) atoms. The third-order valence-corrected chi connectivity index (χ3v) is 3.06. The Morgan fingerprint density at radius 1 is 1.33 bits per heavy atom. The van der Waals surface area contributed by atoms with E-state index in [-0.39, 0.29) is 0 Å². The molecule has 4 heteroatoms. The Kier molecular flexibility index (Phi) is 4.28. The molecule has 1 aromatic heterocycles. The maximum Gasteiger partial charge on any atom is 0.0952 e. The van der Waals surface area contributed by atoms with E-state index in [9.17, 15) is 0 Å². The van der Waals surface area contributed by atoms with Gasteiger partial charge in [0.1, 0.15) is 0 Å². The average molecular weight is 265 g/mol. The molecule has 0 radical (unpaired) electrons. The highest BCUT2D eigenvalue weighted by molar-refractivity contribution is 6.30. The Bertz CT molecular complexity index is 497. The lowest BCUT2D eigenvalue weighted by molar-refractivity contribution is 0.563. The van der Waals surface area contributed by atoms with Crippen LogP contribution < -0.4 is 10.2 Å². The van der Waals surface area contributed by atoms with Gasteiger partial charge in [0.2, 0.25) is 0 Å². The molecule has 0 aliphatic rings. The molecule has 0 unspecified atom stereocenters. The molecule has 0 fully saturated rings. The standard InChI is InChI=1S/C14H17ClN2O/c1-16-8-12-3-4-13(15)7-14(12)17(2)9-11-5-6-18-10-11/h3-7,10,16H,8-9H2,1-2H3. The van der Waals surface area contributed by atoms with Crippen LogP contribution in [-0.2, 0) is 13.1 Å². The molecule has 0 saturated heterocycles. The first-order chi connectivity index (χ1) is 8.70. The zero-order chi connectivity index (χ0) is 13.0. The second-order valence-corrected chi connectivity index (χ2v) is 4.73. The molecule has 1 aromatic carbocycles. The fraction of sp³-hybridized carbons (Fsp3) is 0.286. The zero-order valence-electron chi connectivity index (χ0n) is 10.6. The number of furan rings is 1. The first-order valence-electron chi connectivity index (χ1n) is 5.86. The van der Waals surface area contributed by atoms with Gasteiger partial charge >= 0.3 is 0 Å². The number of hydrogen-bond acceptors (Lipinski definition) is 3. The van der Waals surface area contributed by atoms with Crippen molar-refractivity contribution in [1.29, 1.82) is 0 Å². The van der Waals surface area contributed by atoms with Crippen LogP contribution >= 0.6 is 11.6 Å². The average Bonchev–Trinajstić information content (AvgIpc) is 2.84. The van der Waals surface area contributed by atoms with Gasteiger partial charge in [0.15, 0.2) is 0 Å². The monoisotopic (exact) mass is 264 g/mol. The minimum atomic E-state index is 0.754. The van der Waals surface area contributed by atoms with Crippen molar-refractivity contribution in [3.05, 3.63) is 52.9 Å². The summed E-state index contributed by atoms with van der Waals surface area (Å²) in [4.78, 5) is 2.17. The van der Waals surface area contributed by atoms with E-state index < -0.39 is 0 Å². The summed E-state index contributed by atoms with van der Waals surface area (Å²) in [5, 5.41) is 3.92. The molecule has 0 amide bonds. The van der Waals surface area contributed by atoms with Crippen LogP contribution in [0.15, 0.2) is 41.2 Å². The highest BCUT2D eigenvalue weighted by Crippen LogP contribution is 2.25. The first-order valence-corrected chi connectivity index (χ1v) is 6.23. The predicted molar refractivity (Wildman–Crippen MR) is 75.0 cm³/mol. The maximum atomic E-state index is 6.08. The zero-order valence-corrected chi connectivity index (χ0v) is 11.4. The SMILES string of the molecule is CNCc1ccc(Cl)cc1N(C)Cc1ccoc1. The molecule has 2 rings (SSSR count). The van der Waals surface area contributed by atoms with Crippen molar-refractivity contribution in [2.45, 2.75) is 13.1 Å². The Labute approximate surface area is 112 Å². The molecule has 0 atom stereocenters. The number of hydrogen-bond donors (Lipinski definition) is 1. The van der Waals surface area contributed by atoms with E-state index in [1.54, 1.807) is 12.5 Å². The van der Waals surface area contributed by atoms with Crippen molar-refractivity contribution in [2.75, 3.05) is 19.0 Å². The molecule has 0 aliphatic carbocycles. The number of benzene rings is 1. The molecule has 0 spiro atoms. The van der Waals surface area contributed by atoms with Gasteiger partial charge in [-0.15, -0.1) is 0 Å². The Morgan fingerprint density at radius 2 is 2.17 bits per heavy atom. The molecule has 0 bridgehead atoms. The van der Waals surface area contributed by atoms with E-state index in [1.807, 2.05) is 25.2 Å². The van der Waals surface area contributed by atoms with Crippen LogP contribution in [0.1, 0.15) is 11.1 Å². The molecule has 2 aromatic rings. The second kappa shape index (κ2) is 5.94. The fourth-order valence-corrected chi connectivity index (χ4v) is 2.14. The minimum Gasteiger partial charge on any atom is -0.472 e. The van der Waals surface area contributed by atoms with Crippen molar-refractivity contribution in [3.8, 4) is 0 Å². The summed E-state index contributed by atoms with van der Waals surface area (Å²) >= 11 is 6.08. The summed E-state index contributed by atoms with van der Waals surface area (Å²) in [5.41, 5.74) is 3.51. The van der Waals surface area contributed by atoms with Gasteiger partial charge in [-0.2, -0.15) is 0 Å². The summed E-state index contributed by atoms with van der Waals surface area (Å²) in [7, 11) is 3.99. The van der Waals surface area contributed by atoms with E-state index in [0.29, 0.717) is 0 Å². The van der Waals surface area contributed by atoms with Crippen LogP contribution in [0.25, 0.3) is 0 Å². The van der Waals surface area contributed by atoms with Gasteiger partial charge in [-0.05, 0) is 30.8 Å². The van der Waals surface area contributed by atoms with Crippen molar-refractivity contribution in [3.63, 3.8) is 0 Å². The van der Waals surface area contributed by atoms with Crippen LogP contribution in [0, 0.1) is 0 Å². The lowest BCUT2D eigenvalue weighted by Gasteiger charge is -2.22. The van der Waals surface area contributed by atoms with Crippen molar-refractivity contribution in [2.24, 2.45) is 0 Å². The molecule has 1 heterocycles. The number of halogens is 1. The van der Waals surface area contributed by atoms with Crippen molar-refractivity contribution >= 4 is 17.3 Å². The van der Waals surface area contributed by atoms with Crippen LogP contribution in [0.5, 0.6) is 0 Å². The lowest BCUT2D eigenvalue weighted by atomic mass is 10.1. The molecular weight excluding hydrogens is 248 g/mol. The highest BCUT2D eigenvalue weighted by atomic mass is 35.5. The maximum absolute atomic E-state index is 6.08. The topological polar surface area (TPSA) is 28.4 Å². The minimum absolute atomic E-state index is 0.754. The first kappa shape index (κ1) is 13.0. The Hall–Kier alpha value is -1.45. The summed E-state index contributed by atoms with van der Waals surface area (Å²) in [5.74, 6) is 0. The van der Waals surface area contributed by atoms with E-state index in [2.05, 4.69) is 23.3 Å². The van der Waals surface area contributed by atoms with E-state index >= 15 is 0 Å². The van der Waals surface area contributed by atoms with Crippen molar-refractivity contribution < 1.29 is 4.42 Å². The summed E-state index contributed by atoms with van der Waals surface area (Å²) in [6.45, 7) is 1.62. The van der Waals surface area contributed by atoms with Gasteiger partial charge in [0.05, 0.1) is 12.5 Å². The van der Waals surface area contributed by atoms with Gasteiger partial charge in [-0.3, -0.25) is 0 Å². The Balaban J connectivity index is 2.22. The quantitative estimate of drug-likeness (QED) is 0.898. The van der Waals surface area contributed by atoms with E-state index in [0.717, 1.165) is 29.4 Å². The van der Waals surface area contributed by atoms with Gasteiger partial charge in [0.25, 0.3) is 0 Å². The number of nitrogens with zero attached hydrogens (tertiary/aromatic N) is 1. The molecule has 0 saturated carbocycles. The highest BCUT2D eigenvalue weighted by Gasteiger charge is 2.09. The van der Waals surface area contributed by atoms with Crippen LogP contribution in [-0.4, -0.2) is 14.1 Å². The summed E-state index contributed by atoms with van der Waals surface area (Å²) in [6.07, 6.45) is 3.45. The molecule has 1 N–H and O–H groups in total.